The first-order valence-corrected chi connectivity index (χ1v) is 7.80. The largest absolute Gasteiger partial charge is 0.352 e. The van der Waals surface area contributed by atoms with Gasteiger partial charge in [0.15, 0.2) is 0 Å². The zero-order valence-corrected chi connectivity index (χ0v) is 11.5. The van der Waals surface area contributed by atoms with Gasteiger partial charge in [-0.2, -0.15) is 0 Å². The van der Waals surface area contributed by atoms with Crippen LogP contribution in [0.3, 0.4) is 0 Å². The summed E-state index contributed by atoms with van der Waals surface area (Å²) in [5.74, 6) is 1.02. The predicted molar refractivity (Wildman–Crippen MR) is 74.2 cm³/mol. The first kappa shape index (κ1) is 13.9. The second-order valence-electron chi connectivity index (χ2n) is 6.17. The minimum absolute atomic E-state index is 0.178. The Labute approximate surface area is 111 Å². The van der Waals surface area contributed by atoms with E-state index in [1.165, 1.54) is 44.9 Å². The molecule has 3 nitrogen and oxygen atoms in total. The number of nitrogens with two attached hydrogens (primary N) is 1. The van der Waals surface area contributed by atoms with Crippen molar-refractivity contribution in [3.8, 4) is 0 Å². The van der Waals surface area contributed by atoms with Gasteiger partial charge in [-0.15, -0.1) is 0 Å². The molecule has 0 saturated heterocycles. The van der Waals surface area contributed by atoms with Gasteiger partial charge in [0, 0.05) is 18.5 Å². The second kappa shape index (κ2) is 7.13. The molecule has 0 bridgehead atoms. The monoisotopic (exact) mass is 252 g/mol. The zero-order chi connectivity index (χ0) is 12.8. The van der Waals surface area contributed by atoms with E-state index in [1.54, 1.807) is 0 Å². The van der Waals surface area contributed by atoms with Gasteiger partial charge in [-0.3, -0.25) is 4.79 Å². The highest BCUT2D eigenvalue weighted by Gasteiger charge is 2.23. The molecule has 104 valence electrons. The highest BCUT2D eigenvalue weighted by atomic mass is 16.1. The summed E-state index contributed by atoms with van der Waals surface area (Å²) >= 11 is 0. The van der Waals surface area contributed by atoms with Crippen LogP contribution in [-0.2, 0) is 4.79 Å². The van der Waals surface area contributed by atoms with E-state index >= 15 is 0 Å². The standard InChI is InChI=1S/C15H28N2O/c16-13-8-4-5-9-14(13)17-15(18)11-10-12-6-2-1-3-7-12/h12-14H,1-11,16H2,(H,17,18)/t13-,14-/m1/s1. The lowest BCUT2D eigenvalue weighted by molar-refractivity contribution is -0.122. The van der Waals surface area contributed by atoms with Gasteiger partial charge >= 0.3 is 0 Å². The van der Waals surface area contributed by atoms with E-state index in [0.717, 1.165) is 25.2 Å². The fourth-order valence-electron chi connectivity index (χ4n) is 3.43. The maximum absolute atomic E-state index is 11.9. The number of carbonyl (C=O) groups is 1. The Balaban J connectivity index is 1.64. The molecule has 0 aliphatic heterocycles. The Morgan fingerprint density at radius 2 is 1.67 bits per heavy atom. The Morgan fingerprint density at radius 3 is 2.39 bits per heavy atom. The third kappa shape index (κ3) is 4.27. The van der Waals surface area contributed by atoms with Crippen LogP contribution in [0.15, 0.2) is 0 Å². The fraction of sp³-hybridized carbons (Fsp3) is 0.933. The van der Waals surface area contributed by atoms with Gasteiger partial charge in [-0.1, -0.05) is 44.9 Å². The molecule has 2 rings (SSSR count). The van der Waals surface area contributed by atoms with E-state index in [-0.39, 0.29) is 18.0 Å². The summed E-state index contributed by atoms with van der Waals surface area (Å²) in [6.45, 7) is 0. The summed E-state index contributed by atoms with van der Waals surface area (Å²) in [6, 6.07) is 0.412. The molecule has 0 aromatic carbocycles. The van der Waals surface area contributed by atoms with Crippen molar-refractivity contribution in [3.63, 3.8) is 0 Å². The van der Waals surface area contributed by atoms with E-state index in [2.05, 4.69) is 5.32 Å². The lowest BCUT2D eigenvalue weighted by Crippen LogP contribution is -2.49. The van der Waals surface area contributed by atoms with Crippen molar-refractivity contribution in [2.45, 2.75) is 82.7 Å². The molecule has 0 aromatic rings. The van der Waals surface area contributed by atoms with E-state index in [0.29, 0.717) is 6.42 Å². The van der Waals surface area contributed by atoms with Crippen LogP contribution in [0.25, 0.3) is 0 Å². The molecule has 2 saturated carbocycles. The fourth-order valence-corrected chi connectivity index (χ4v) is 3.43. The average Bonchev–Trinajstić information content (AvgIpc) is 2.40. The van der Waals surface area contributed by atoms with Crippen LogP contribution < -0.4 is 11.1 Å². The molecule has 0 aromatic heterocycles. The molecule has 0 unspecified atom stereocenters. The van der Waals surface area contributed by atoms with Crippen LogP contribution in [0.5, 0.6) is 0 Å². The van der Waals surface area contributed by atoms with E-state index < -0.39 is 0 Å². The molecular weight excluding hydrogens is 224 g/mol. The molecule has 2 aliphatic rings. The van der Waals surface area contributed by atoms with Crippen molar-refractivity contribution < 1.29 is 4.79 Å². The Kier molecular flexibility index (Phi) is 5.48. The minimum atomic E-state index is 0.178. The number of amides is 1. The molecule has 0 radical (unpaired) electrons. The third-order valence-electron chi connectivity index (χ3n) is 4.67. The second-order valence-corrected chi connectivity index (χ2v) is 6.17. The zero-order valence-electron chi connectivity index (χ0n) is 11.5. The number of hydrogen-bond acceptors (Lipinski definition) is 2. The number of rotatable bonds is 4. The van der Waals surface area contributed by atoms with E-state index in [1.807, 2.05) is 0 Å². The van der Waals surface area contributed by atoms with Gasteiger partial charge in [0.2, 0.25) is 5.91 Å². The van der Waals surface area contributed by atoms with Gasteiger partial charge < -0.3 is 11.1 Å². The van der Waals surface area contributed by atoms with Crippen molar-refractivity contribution in [3.05, 3.63) is 0 Å². The quantitative estimate of drug-likeness (QED) is 0.808. The Bertz CT molecular complexity index is 261. The molecule has 2 aliphatic carbocycles. The highest BCUT2D eigenvalue weighted by molar-refractivity contribution is 5.76. The van der Waals surface area contributed by atoms with Gasteiger partial charge in [0.25, 0.3) is 0 Å². The van der Waals surface area contributed by atoms with Crippen molar-refractivity contribution in [1.82, 2.24) is 5.32 Å². The first-order valence-electron chi connectivity index (χ1n) is 7.80. The summed E-state index contributed by atoms with van der Waals surface area (Å²) in [5, 5.41) is 3.14. The topological polar surface area (TPSA) is 55.1 Å². The lowest BCUT2D eigenvalue weighted by atomic mass is 9.86. The van der Waals surface area contributed by atoms with Crippen molar-refractivity contribution in [2.24, 2.45) is 11.7 Å². The smallest absolute Gasteiger partial charge is 0.220 e. The van der Waals surface area contributed by atoms with Crippen LogP contribution >= 0.6 is 0 Å². The van der Waals surface area contributed by atoms with Gasteiger partial charge in [-0.25, -0.2) is 0 Å². The predicted octanol–water partition coefficient (Wildman–Crippen LogP) is 2.73. The molecule has 2 fully saturated rings. The summed E-state index contributed by atoms with van der Waals surface area (Å²) in [4.78, 5) is 11.9. The summed E-state index contributed by atoms with van der Waals surface area (Å²) < 4.78 is 0. The lowest BCUT2D eigenvalue weighted by Gasteiger charge is -2.29. The van der Waals surface area contributed by atoms with Crippen LogP contribution in [0.1, 0.15) is 70.6 Å². The molecule has 3 N–H and O–H groups in total. The van der Waals surface area contributed by atoms with Gasteiger partial charge in [-0.05, 0) is 25.2 Å². The third-order valence-corrected chi connectivity index (χ3v) is 4.67. The number of nitrogens with one attached hydrogen (secondary N) is 1. The van der Waals surface area contributed by atoms with Crippen LogP contribution in [0, 0.1) is 5.92 Å². The van der Waals surface area contributed by atoms with Gasteiger partial charge in [0.05, 0.1) is 0 Å². The normalized spacial score (nSPS) is 30.1. The van der Waals surface area contributed by atoms with Crippen molar-refractivity contribution >= 4 is 5.91 Å². The Morgan fingerprint density at radius 1 is 1.00 bits per heavy atom. The number of hydrogen-bond donors (Lipinski definition) is 2. The Hall–Kier alpha value is -0.570. The van der Waals surface area contributed by atoms with E-state index in [4.69, 9.17) is 5.73 Å². The van der Waals surface area contributed by atoms with Crippen LogP contribution in [0.4, 0.5) is 0 Å². The maximum Gasteiger partial charge on any atom is 0.220 e. The van der Waals surface area contributed by atoms with Crippen LogP contribution in [-0.4, -0.2) is 18.0 Å². The molecule has 2 atom stereocenters. The SMILES string of the molecule is N[C@@H]1CCCC[C@H]1NC(=O)CCC1CCCCC1. The van der Waals surface area contributed by atoms with Crippen molar-refractivity contribution in [1.29, 1.82) is 0 Å². The maximum atomic E-state index is 11.9. The summed E-state index contributed by atoms with van der Waals surface area (Å²) in [6.07, 6.45) is 13.1. The molecule has 0 spiro atoms. The number of carbonyl (C=O) groups excluding carboxylic acids is 1. The highest BCUT2D eigenvalue weighted by Crippen LogP contribution is 2.27. The van der Waals surface area contributed by atoms with Crippen LogP contribution in [0.2, 0.25) is 0 Å². The van der Waals surface area contributed by atoms with Crippen molar-refractivity contribution in [2.75, 3.05) is 0 Å². The molecule has 1 amide bonds. The minimum Gasteiger partial charge on any atom is -0.352 e. The molecule has 0 heterocycles. The molecule has 3 heteroatoms. The molecule has 18 heavy (non-hydrogen) atoms. The molecular formula is C15H28N2O. The average molecular weight is 252 g/mol. The summed E-state index contributed by atoms with van der Waals surface area (Å²) in [7, 11) is 0. The summed E-state index contributed by atoms with van der Waals surface area (Å²) in [5.41, 5.74) is 6.05. The van der Waals surface area contributed by atoms with E-state index in [9.17, 15) is 4.79 Å². The first-order chi connectivity index (χ1) is 8.75. The van der Waals surface area contributed by atoms with Gasteiger partial charge in [0.1, 0.15) is 0 Å².